The number of fused-ring (bicyclic) bond motifs is 1. The summed E-state index contributed by atoms with van der Waals surface area (Å²) in [7, 11) is 0. The molecule has 26 heavy (non-hydrogen) atoms. The van der Waals surface area contributed by atoms with E-state index in [1.165, 1.54) is 37.3 Å². The number of hydrogen-bond donors (Lipinski definition) is 0. The molecule has 136 valence electrons. The van der Waals surface area contributed by atoms with Crippen molar-refractivity contribution < 1.29 is 4.74 Å². The molecule has 0 spiro atoms. The predicted molar refractivity (Wildman–Crippen MR) is 105 cm³/mol. The topological polar surface area (TPSA) is 30.3 Å². The van der Waals surface area contributed by atoms with Crippen molar-refractivity contribution in [3.8, 4) is 5.75 Å². The van der Waals surface area contributed by atoms with Crippen molar-refractivity contribution in [2.75, 3.05) is 19.7 Å². The molecule has 1 aliphatic heterocycles. The fraction of sp³-hybridized carbons (Fsp3) is 0.409. The lowest BCUT2D eigenvalue weighted by Crippen LogP contribution is -2.21. The minimum Gasteiger partial charge on any atom is -0.494 e. The quantitative estimate of drug-likeness (QED) is 0.561. The molecule has 2 heterocycles. The van der Waals surface area contributed by atoms with E-state index in [-0.39, 0.29) is 0 Å². The van der Waals surface area contributed by atoms with Crippen molar-refractivity contribution >= 4 is 11.0 Å². The zero-order chi connectivity index (χ0) is 17.6. The average Bonchev–Trinajstić information content (AvgIpc) is 3.31. The van der Waals surface area contributed by atoms with Crippen molar-refractivity contribution in [1.29, 1.82) is 0 Å². The summed E-state index contributed by atoms with van der Waals surface area (Å²) in [6.45, 7) is 5.14. The lowest BCUT2D eigenvalue weighted by molar-refractivity contribution is 0.298. The van der Waals surface area contributed by atoms with Crippen LogP contribution in [0.2, 0.25) is 0 Å². The molecule has 4 nitrogen and oxygen atoms in total. The van der Waals surface area contributed by atoms with Crippen LogP contribution in [0.4, 0.5) is 0 Å². The molecule has 0 radical (unpaired) electrons. The Bertz CT molecular complexity index is 822. The van der Waals surface area contributed by atoms with E-state index in [9.17, 15) is 0 Å². The van der Waals surface area contributed by atoms with Crippen LogP contribution in [-0.4, -0.2) is 34.1 Å². The molecule has 0 N–H and O–H groups in total. The highest BCUT2D eigenvalue weighted by molar-refractivity contribution is 5.75. The number of para-hydroxylation sites is 3. The van der Waals surface area contributed by atoms with Crippen molar-refractivity contribution in [3.05, 3.63) is 60.4 Å². The molecule has 1 aromatic heterocycles. The van der Waals surface area contributed by atoms with Gasteiger partial charge in [0.05, 0.1) is 24.2 Å². The molecule has 1 saturated heterocycles. The number of ether oxygens (including phenoxy) is 1. The van der Waals surface area contributed by atoms with E-state index in [1.807, 2.05) is 30.3 Å². The summed E-state index contributed by atoms with van der Waals surface area (Å²) >= 11 is 0. The van der Waals surface area contributed by atoms with Gasteiger partial charge in [0.2, 0.25) is 0 Å². The van der Waals surface area contributed by atoms with E-state index < -0.39 is 0 Å². The molecule has 0 amide bonds. The van der Waals surface area contributed by atoms with E-state index in [4.69, 9.17) is 9.72 Å². The number of aryl methyl sites for hydroxylation is 1. The predicted octanol–water partition coefficient (Wildman–Crippen LogP) is 4.49. The summed E-state index contributed by atoms with van der Waals surface area (Å²) in [5.74, 6) is 2.16. The van der Waals surface area contributed by atoms with Gasteiger partial charge in [-0.25, -0.2) is 4.98 Å². The number of benzene rings is 2. The van der Waals surface area contributed by atoms with Crippen molar-refractivity contribution in [3.63, 3.8) is 0 Å². The number of hydrogen-bond acceptors (Lipinski definition) is 3. The largest absolute Gasteiger partial charge is 0.494 e. The summed E-state index contributed by atoms with van der Waals surface area (Å²) in [4.78, 5) is 7.44. The molecular formula is C22H27N3O. The van der Waals surface area contributed by atoms with E-state index in [1.54, 1.807) is 0 Å². The number of unbranched alkanes of at least 4 members (excludes halogenated alkanes) is 1. The van der Waals surface area contributed by atoms with Crippen LogP contribution in [0.25, 0.3) is 11.0 Å². The molecule has 4 heteroatoms. The Kier molecular flexibility index (Phi) is 5.50. The molecule has 3 aromatic rings. The SMILES string of the molecule is c1ccc(OCCCCn2c(CN3CCCC3)nc3ccccc32)cc1. The Hall–Kier alpha value is -2.33. The van der Waals surface area contributed by atoms with E-state index >= 15 is 0 Å². The van der Waals surface area contributed by atoms with Gasteiger partial charge in [0.15, 0.2) is 0 Å². The number of imidazole rings is 1. The van der Waals surface area contributed by atoms with Gasteiger partial charge in [0, 0.05) is 6.54 Å². The maximum absolute atomic E-state index is 5.82. The maximum Gasteiger partial charge on any atom is 0.124 e. The molecule has 4 rings (SSSR count). The van der Waals surface area contributed by atoms with Crippen LogP contribution in [0.3, 0.4) is 0 Å². The first-order chi connectivity index (χ1) is 12.9. The van der Waals surface area contributed by atoms with Gasteiger partial charge in [0.25, 0.3) is 0 Å². The highest BCUT2D eigenvalue weighted by atomic mass is 16.5. The van der Waals surface area contributed by atoms with Gasteiger partial charge in [-0.3, -0.25) is 4.90 Å². The molecule has 0 atom stereocenters. The van der Waals surface area contributed by atoms with Gasteiger partial charge in [-0.2, -0.15) is 0 Å². The Morgan fingerprint density at radius 3 is 2.50 bits per heavy atom. The summed E-state index contributed by atoms with van der Waals surface area (Å²) in [5.41, 5.74) is 2.37. The monoisotopic (exact) mass is 349 g/mol. The third-order valence-corrected chi connectivity index (χ3v) is 5.09. The molecule has 1 aliphatic rings. The Labute approximate surface area is 155 Å². The van der Waals surface area contributed by atoms with E-state index in [0.29, 0.717) is 0 Å². The standard InChI is InChI=1S/C22H27N3O/c1-2-10-19(11-3-1)26-17-9-8-16-25-21-13-5-4-12-20(21)23-22(25)18-24-14-6-7-15-24/h1-5,10-13H,6-9,14-18H2. The third kappa shape index (κ3) is 4.07. The second-order valence-electron chi connectivity index (χ2n) is 7.02. The fourth-order valence-corrected chi connectivity index (χ4v) is 3.72. The summed E-state index contributed by atoms with van der Waals surface area (Å²) in [6.07, 6.45) is 4.78. The minimum absolute atomic E-state index is 0.762. The van der Waals surface area contributed by atoms with Gasteiger partial charge < -0.3 is 9.30 Å². The van der Waals surface area contributed by atoms with Crippen LogP contribution in [0, 0.1) is 0 Å². The highest BCUT2D eigenvalue weighted by Crippen LogP contribution is 2.20. The second-order valence-corrected chi connectivity index (χ2v) is 7.02. The molecule has 1 fully saturated rings. The lowest BCUT2D eigenvalue weighted by atomic mass is 10.3. The number of rotatable bonds is 8. The molecular weight excluding hydrogens is 322 g/mol. The fourth-order valence-electron chi connectivity index (χ4n) is 3.72. The van der Waals surface area contributed by atoms with Crippen LogP contribution >= 0.6 is 0 Å². The Morgan fingerprint density at radius 1 is 0.885 bits per heavy atom. The Balaban J connectivity index is 1.38. The normalized spacial score (nSPS) is 14.9. The summed E-state index contributed by atoms with van der Waals surface area (Å²) in [6, 6.07) is 18.6. The molecule has 0 bridgehead atoms. The first-order valence-corrected chi connectivity index (χ1v) is 9.74. The molecule has 0 unspecified atom stereocenters. The van der Waals surface area contributed by atoms with Crippen molar-refractivity contribution in [2.45, 2.75) is 38.8 Å². The number of aromatic nitrogens is 2. The van der Waals surface area contributed by atoms with Crippen LogP contribution in [0.1, 0.15) is 31.5 Å². The van der Waals surface area contributed by atoms with Gasteiger partial charge in [0.1, 0.15) is 11.6 Å². The van der Waals surface area contributed by atoms with Gasteiger partial charge in [-0.1, -0.05) is 30.3 Å². The zero-order valence-corrected chi connectivity index (χ0v) is 15.3. The third-order valence-electron chi connectivity index (χ3n) is 5.09. The first-order valence-electron chi connectivity index (χ1n) is 9.74. The van der Waals surface area contributed by atoms with Crippen LogP contribution < -0.4 is 4.74 Å². The van der Waals surface area contributed by atoms with Gasteiger partial charge in [-0.05, 0) is 63.0 Å². The summed E-state index contributed by atoms with van der Waals surface area (Å²) in [5, 5.41) is 0. The zero-order valence-electron chi connectivity index (χ0n) is 15.3. The van der Waals surface area contributed by atoms with Crippen molar-refractivity contribution in [2.24, 2.45) is 0 Å². The smallest absolute Gasteiger partial charge is 0.124 e. The van der Waals surface area contributed by atoms with Crippen LogP contribution in [0.5, 0.6) is 5.75 Å². The number of nitrogens with zero attached hydrogens (tertiary/aromatic N) is 3. The van der Waals surface area contributed by atoms with E-state index in [0.717, 1.165) is 43.8 Å². The highest BCUT2D eigenvalue weighted by Gasteiger charge is 2.16. The van der Waals surface area contributed by atoms with Gasteiger partial charge >= 0.3 is 0 Å². The van der Waals surface area contributed by atoms with E-state index in [2.05, 4.69) is 33.7 Å². The molecule has 0 aliphatic carbocycles. The lowest BCUT2D eigenvalue weighted by Gasteiger charge is -2.16. The maximum atomic E-state index is 5.82. The van der Waals surface area contributed by atoms with Gasteiger partial charge in [-0.15, -0.1) is 0 Å². The first kappa shape index (κ1) is 17.1. The number of likely N-dealkylation sites (tertiary alicyclic amines) is 1. The minimum atomic E-state index is 0.762. The van der Waals surface area contributed by atoms with Crippen LogP contribution in [0.15, 0.2) is 54.6 Å². The molecule has 2 aromatic carbocycles. The van der Waals surface area contributed by atoms with Crippen LogP contribution in [-0.2, 0) is 13.1 Å². The van der Waals surface area contributed by atoms with Crippen molar-refractivity contribution in [1.82, 2.24) is 14.5 Å². The Morgan fingerprint density at radius 2 is 1.65 bits per heavy atom. The summed E-state index contributed by atoms with van der Waals surface area (Å²) < 4.78 is 8.23. The second kappa shape index (κ2) is 8.37. The average molecular weight is 349 g/mol. The molecule has 0 saturated carbocycles.